The van der Waals surface area contributed by atoms with Gasteiger partial charge < -0.3 is 14.2 Å². The van der Waals surface area contributed by atoms with Crippen molar-refractivity contribution in [1.29, 1.82) is 0 Å². The van der Waals surface area contributed by atoms with Gasteiger partial charge in [0.05, 0.1) is 0 Å². The molecule has 0 saturated heterocycles. The zero-order valence-electron chi connectivity index (χ0n) is 38.4. The number of carbonyl (C=O) groups excluding carboxylic acids is 3. The van der Waals surface area contributed by atoms with Crippen molar-refractivity contribution >= 4 is 17.9 Å². The van der Waals surface area contributed by atoms with Crippen molar-refractivity contribution in [2.75, 3.05) is 13.2 Å². The molecule has 1 unspecified atom stereocenters. The molecule has 0 aliphatic heterocycles. The highest BCUT2D eigenvalue weighted by Crippen LogP contribution is 2.16. The van der Waals surface area contributed by atoms with E-state index in [9.17, 15) is 14.4 Å². The Morgan fingerprint density at radius 1 is 0.333 bits per heavy atom. The molecule has 57 heavy (non-hydrogen) atoms. The maximum absolute atomic E-state index is 12.8. The van der Waals surface area contributed by atoms with Crippen LogP contribution in [0, 0.1) is 0 Å². The van der Waals surface area contributed by atoms with E-state index in [1.54, 1.807) is 0 Å². The predicted octanol–water partition coefficient (Wildman–Crippen LogP) is 16.2. The topological polar surface area (TPSA) is 78.9 Å². The molecule has 0 rings (SSSR count). The van der Waals surface area contributed by atoms with Crippen molar-refractivity contribution in [3.63, 3.8) is 0 Å². The molecular weight excluding hydrogens is 709 g/mol. The molecule has 0 fully saturated rings. The average molecular weight is 805 g/mol. The van der Waals surface area contributed by atoms with Crippen LogP contribution in [0.3, 0.4) is 0 Å². The molecule has 0 saturated carbocycles. The summed E-state index contributed by atoms with van der Waals surface area (Å²) in [5.74, 6) is -0.862. The number of hydrogen-bond donors (Lipinski definition) is 0. The van der Waals surface area contributed by atoms with Crippen LogP contribution in [-0.4, -0.2) is 37.2 Å². The van der Waals surface area contributed by atoms with Crippen molar-refractivity contribution in [2.45, 2.75) is 284 Å². The van der Waals surface area contributed by atoms with Crippen LogP contribution in [-0.2, 0) is 28.6 Å². The minimum atomic E-state index is -0.765. The quantitative estimate of drug-likeness (QED) is 0.0264. The van der Waals surface area contributed by atoms with E-state index in [4.69, 9.17) is 14.2 Å². The Bertz CT molecular complexity index is 885. The minimum absolute atomic E-state index is 0.0675. The van der Waals surface area contributed by atoms with Crippen LogP contribution in [0.15, 0.2) is 12.2 Å². The van der Waals surface area contributed by atoms with Gasteiger partial charge in [-0.1, -0.05) is 226 Å². The molecule has 0 N–H and O–H groups in total. The third kappa shape index (κ3) is 45.1. The molecular formula is C51H96O6. The fourth-order valence-electron chi connectivity index (χ4n) is 7.44. The van der Waals surface area contributed by atoms with Gasteiger partial charge in [0.25, 0.3) is 0 Å². The standard InChI is InChI=1S/C51H96O6/c1-4-7-10-13-16-19-22-24-26-29-32-35-38-41-44-50(53)56-47-48(46-55-49(52)43-40-37-34-31-28-21-18-15-12-9-6-3)57-51(54)45-42-39-36-33-30-27-25-23-20-17-14-11-8-5-2/h22,24,48H,4-21,23,25-47H2,1-3H3/b24-22-. The highest BCUT2D eigenvalue weighted by Gasteiger charge is 2.19. The molecule has 0 aromatic carbocycles. The van der Waals surface area contributed by atoms with Gasteiger partial charge in [0.1, 0.15) is 13.2 Å². The normalized spacial score (nSPS) is 12.0. The molecule has 0 aromatic heterocycles. The first-order valence-electron chi connectivity index (χ1n) is 25.2. The van der Waals surface area contributed by atoms with Crippen molar-refractivity contribution in [3.05, 3.63) is 12.2 Å². The van der Waals surface area contributed by atoms with E-state index < -0.39 is 6.10 Å². The van der Waals surface area contributed by atoms with Crippen molar-refractivity contribution < 1.29 is 28.6 Å². The maximum atomic E-state index is 12.8. The van der Waals surface area contributed by atoms with Gasteiger partial charge in [-0.05, 0) is 44.9 Å². The molecule has 1 atom stereocenters. The van der Waals surface area contributed by atoms with E-state index in [2.05, 4.69) is 32.9 Å². The number of esters is 3. The first kappa shape index (κ1) is 55.2. The SMILES string of the molecule is CCCCCCC/C=C\CCCCCCCC(=O)OCC(COC(=O)CCCCCCCCCCCCC)OC(=O)CCCCCCCCCCCCCCCC. The summed E-state index contributed by atoms with van der Waals surface area (Å²) in [4.78, 5) is 37.9. The molecule has 0 aromatic rings. The predicted molar refractivity (Wildman–Crippen MR) is 243 cm³/mol. The molecule has 0 radical (unpaired) electrons. The first-order chi connectivity index (χ1) is 28.0. The molecule has 0 heterocycles. The van der Waals surface area contributed by atoms with Crippen LogP contribution in [0.25, 0.3) is 0 Å². The third-order valence-electron chi connectivity index (χ3n) is 11.3. The van der Waals surface area contributed by atoms with Crippen LogP contribution in [0.5, 0.6) is 0 Å². The number of rotatable bonds is 46. The fraction of sp³-hybridized carbons (Fsp3) is 0.902. The zero-order chi connectivity index (χ0) is 41.5. The number of ether oxygens (including phenoxy) is 3. The first-order valence-corrected chi connectivity index (χ1v) is 25.2. The highest BCUT2D eigenvalue weighted by atomic mass is 16.6. The lowest BCUT2D eigenvalue weighted by atomic mass is 10.0. The van der Waals surface area contributed by atoms with Gasteiger partial charge in [-0.2, -0.15) is 0 Å². The molecule has 0 spiro atoms. The van der Waals surface area contributed by atoms with Gasteiger partial charge in [0.2, 0.25) is 0 Å². The molecule has 0 amide bonds. The summed E-state index contributed by atoms with van der Waals surface area (Å²) >= 11 is 0. The monoisotopic (exact) mass is 805 g/mol. The highest BCUT2D eigenvalue weighted by molar-refractivity contribution is 5.71. The third-order valence-corrected chi connectivity index (χ3v) is 11.3. The Kier molecular flexibility index (Phi) is 45.3. The van der Waals surface area contributed by atoms with Crippen LogP contribution in [0.2, 0.25) is 0 Å². The maximum Gasteiger partial charge on any atom is 0.306 e. The summed E-state index contributed by atoms with van der Waals surface area (Å²) < 4.78 is 16.8. The smallest absolute Gasteiger partial charge is 0.306 e. The van der Waals surface area contributed by atoms with Gasteiger partial charge in [-0.25, -0.2) is 0 Å². The van der Waals surface area contributed by atoms with Crippen LogP contribution in [0.4, 0.5) is 0 Å². The Balaban J connectivity index is 4.33. The summed E-state index contributed by atoms with van der Waals surface area (Å²) in [5.41, 5.74) is 0. The van der Waals surface area contributed by atoms with Crippen molar-refractivity contribution in [1.82, 2.24) is 0 Å². The molecule has 336 valence electrons. The Hall–Kier alpha value is -1.85. The van der Waals surface area contributed by atoms with Crippen LogP contribution < -0.4 is 0 Å². The van der Waals surface area contributed by atoms with E-state index in [0.717, 1.165) is 64.2 Å². The molecule has 0 bridgehead atoms. The van der Waals surface area contributed by atoms with Gasteiger partial charge in [0, 0.05) is 19.3 Å². The van der Waals surface area contributed by atoms with Crippen LogP contribution in [0.1, 0.15) is 278 Å². The largest absolute Gasteiger partial charge is 0.462 e. The fourth-order valence-corrected chi connectivity index (χ4v) is 7.44. The number of carbonyl (C=O) groups is 3. The summed E-state index contributed by atoms with van der Waals surface area (Å²) in [7, 11) is 0. The van der Waals surface area contributed by atoms with Crippen molar-refractivity contribution in [2.24, 2.45) is 0 Å². The van der Waals surface area contributed by atoms with E-state index in [0.29, 0.717) is 19.3 Å². The average Bonchev–Trinajstić information content (AvgIpc) is 3.21. The summed E-state index contributed by atoms with van der Waals surface area (Å²) in [6.45, 7) is 6.64. The lowest BCUT2D eigenvalue weighted by molar-refractivity contribution is -0.167. The number of hydrogen-bond acceptors (Lipinski definition) is 6. The van der Waals surface area contributed by atoms with E-state index >= 15 is 0 Å². The van der Waals surface area contributed by atoms with Gasteiger partial charge in [0.15, 0.2) is 6.10 Å². The number of unbranched alkanes of at least 4 members (excludes halogenated alkanes) is 33. The van der Waals surface area contributed by atoms with Gasteiger partial charge >= 0.3 is 17.9 Å². The zero-order valence-corrected chi connectivity index (χ0v) is 38.4. The number of allylic oxidation sites excluding steroid dienone is 2. The Morgan fingerprint density at radius 2 is 0.579 bits per heavy atom. The second kappa shape index (κ2) is 46.8. The summed E-state index contributed by atoms with van der Waals surface area (Å²) in [6, 6.07) is 0. The second-order valence-corrected chi connectivity index (χ2v) is 17.1. The second-order valence-electron chi connectivity index (χ2n) is 17.1. The van der Waals surface area contributed by atoms with Gasteiger partial charge in [-0.3, -0.25) is 14.4 Å². The minimum Gasteiger partial charge on any atom is -0.462 e. The summed E-state index contributed by atoms with van der Waals surface area (Å²) in [5, 5.41) is 0. The Morgan fingerprint density at radius 3 is 0.877 bits per heavy atom. The van der Waals surface area contributed by atoms with E-state index in [-0.39, 0.29) is 31.1 Å². The molecule has 6 heteroatoms. The lowest BCUT2D eigenvalue weighted by Gasteiger charge is -2.18. The van der Waals surface area contributed by atoms with E-state index in [1.165, 1.54) is 173 Å². The molecule has 0 aliphatic carbocycles. The molecule has 0 aliphatic rings. The van der Waals surface area contributed by atoms with Gasteiger partial charge in [-0.15, -0.1) is 0 Å². The summed E-state index contributed by atoms with van der Waals surface area (Å²) in [6.07, 6.45) is 50.4. The van der Waals surface area contributed by atoms with Crippen LogP contribution >= 0.6 is 0 Å². The van der Waals surface area contributed by atoms with E-state index in [1.807, 2.05) is 0 Å². The molecule has 6 nitrogen and oxygen atoms in total. The Labute approximate surface area is 354 Å². The van der Waals surface area contributed by atoms with Crippen molar-refractivity contribution in [3.8, 4) is 0 Å². The lowest BCUT2D eigenvalue weighted by Crippen LogP contribution is -2.30.